The van der Waals surface area contributed by atoms with Crippen LogP contribution in [0.4, 0.5) is 5.69 Å². The van der Waals surface area contributed by atoms with E-state index in [0.717, 1.165) is 29.2 Å². The molecule has 0 spiro atoms. The molecule has 0 unspecified atom stereocenters. The van der Waals surface area contributed by atoms with Crippen molar-refractivity contribution in [2.24, 2.45) is 16.6 Å². The summed E-state index contributed by atoms with van der Waals surface area (Å²) in [5.41, 5.74) is 7.80. The van der Waals surface area contributed by atoms with Gasteiger partial charge in [-0.25, -0.2) is 4.99 Å². The van der Waals surface area contributed by atoms with Crippen LogP contribution in [0.3, 0.4) is 0 Å². The first kappa shape index (κ1) is 18.6. The van der Waals surface area contributed by atoms with Crippen LogP contribution in [0.25, 0.3) is 0 Å². The van der Waals surface area contributed by atoms with E-state index in [1.165, 1.54) is 0 Å². The van der Waals surface area contributed by atoms with E-state index >= 15 is 0 Å². The van der Waals surface area contributed by atoms with Gasteiger partial charge in [0.25, 0.3) is 0 Å². The molecule has 2 aromatic rings. The molecule has 0 aromatic heterocycles. The van der Waals surface area contributed by atoms with Crippen LogP contribution in [-0.2, 0) is 6.54 Å². The highest BCUT2D eigenvalue weighted by Crippen LogP contribution is 2.23. The maximum Gasteiger partial charge on any atom is 0.193 e. The molecule has 0 atom stereocenters. The lowest BCUT2D eigenvalue weighted by Gasteiger charge is -2.12. The Kier molecular flexibility index (Phi) is 7.14. The average Bonchev–Trinajstić information content (AvgIpc) is 2.61. The Hall–Kier alpha value is -2.69. The van der Waals surface area contributed by atoms with E-state index in [9.17, 15) is 0 Å². The Labute approximate surface area is 149 Å². The molecular weight excluding hydrogens is 314 g/mol. The number of hydrogen-bond acceptors (Lipinski definition) is 3. The van der Waals surface area contributed by atoms with Gasteiger partial charge in [0.05, 0.1) is 25.9 Å². The standard InChI is InChI=1S/C20H27N3O2/c1-15(2)12-13-25-18-10-6-4-8-16(18)14-22-20(21)23-17-9-5-7-11-19(17)24-3/h4-11,15H,12-14H2,1-3H3,(H3,21,22,23). The highest BCUT2D eigenvalue weighted by Gasteiger charge is 2.05. The second-order valence-electron chi connectivity index (χ2n) is 6.17. The first-order valence-electron chi connectivity index (χ1n) is 8.50. The smallest absolute Gasteiger partial charge is 0.193 e. The van der Waals surface area contributed by atoms with E-state index in [2.05, 4.69) is 24.2 Å². The van der Waals surface area contributed by atoms with Gasteiger partial charge in [-0.3, -0.25) is 0 Å². The SMILES string of the molecule is COc1ccccc1NC(N)=NCc1ccccc1OCCC(C)C. The first-order valence-corrected chi connectivity index (χ1v) is 8.50. The third-order valence-corrected chi connectivity index (χ3v) is 3.71. The molecule has 0 aliphatic rings. The monoisotopic (exact) mass is 341 g/mol. The molecule has 0 bridgehead atoms. The van der Waals surface area contributed by atoms with Gasteiger partial charge in [-0.2, -0.15) is 0 Å². The van der Waals surface area contributed by atoms with Crippen LogP contribution >= 0.6 is 0 Å². The van der Waals surface area contributed by atoms with E-state index in [1.807, 2.05) is 48.5 Å². The number of nitrogens with one attached hydrogen (secondary N) is 1. The predicted octanol–water partition coefficient (Wildman–Crippen LogP) is 4.05. The van der Waals surface area contributed by atoms with Crippen LogP contribution in [0.5, 0.6) is 11.5 Å². The van der Waals surface area contributed by atoms with Crippen LogP contribution in [0.2, 0.25) is 0 Å². The molecule has 2 rings (SSSR count). The predicted molar refractivity (Wildman–Crippen MR) is 103 cm³/mol. The number of hydrogen-bond donors (Lipinski definition) is 2. The number of guanidine groups is 1. The van der Waals surface area contributed by atoms with E-state index in [1.54, 1.807) is 7.11 Å². The third-order valence-electron chi connectivity index (χ3n) is 3.71. The van der Waals surface area contributed by atoms with Crippen molar-refractivity contribution in [2.45, 2.75) is 26.8 Å². The van der Waals surface area contributed by atoms with Gasteiger partial charge in [0.15, 0.2) is 5.96 Å². The second-order valence-corrected chi connectivity index (χ2v) is 6.17. The minimum atomic E-state index is 0.335. The Bertz CT molecular complexity index is 699. The zero-order chi connectivity index (χ0) is 18.1. The summed E-state index contributed by atoms with van der Waals surface area (Å²) in [6, 6.07) is 15.5. The van der Waals surface area contributed by atoms with Crippen molar-refractivity contribution in [1.29, 1.82) is 0 Å². The summed E-state index contributed by atoms with van der Waals surface area (Å²) in [4.78, 5) is 4.42. The van der Waals surface area contributed by atoms with Crippen LogP contribution in [0.1, 0.15) is 25.8 Å². The zero-order valence-electron chi connectivity index (χ0n) is 15.2. The number of anilines is 1. The summed E-state index contributed by atoms with van der Waals surface area (Å²) in [6.07, 6.45) is 1.02. The number of ether oxygens (including phenoxy) is 2. The molecule has 0 amide bonds. The van der Waals surface area contributed by atoms with Crippen LogP contribution < -0.4 is 20.5 Å². The quantitative estimate of drug-likeness (QED) is 0.561. The van der Waals surface area contributed by atoms with Crippen molar-refractivity contribution in [2.75, 3.05) is 19.0 Å². The highest BCUT2D eigenvalue weighted by molar-refractivity contribution is 5.93. The molecule has 5 nitrogen and oxygen atoms in total. The number of aliphatic imine (C=N–C) groups is 1. The van der Waals surface area contributed by atoms with E-state index in [-0.39, 0.29) is 0 Å². The highest BCUT2D eigenvalue weighted by atomic mass is 16.5. The molecule has 5 heteroatoms. The van der Waals surface area contributed by atoms with Crippen molar-refractivity contribution in [3.63, 3.8) is 0 Å². The maximum absolute atomic E-state index is 6.01. The normalized spacial score (nSPS) is 11.4. The lowest BCUT2D eigenvalue weighted by atomic mass is 10.1. The molecule has 2 aromatic carbocycles. The number of nitrogens with zero attached hydrogens (tertiary/aromatic N) is 1. The van der Waals surface area contributed by atoms with E-state index in [4.69, 9.17) is 15.2 Å². The molecule has 25 heavy (non-hydrogen) atoms. The topological polar surface area (TPSA) is 68.9 Å². The Morgan fingerprint density at radius 1 is 1.08 bits per heavy atom. The molecular formula is C20H27N3O2. The van der Waals surface area contributed by atoms with Gasteiger partial charge in [0.2, 0.25) is 0 Å². The zero-order valence-corrected chi connectivity index (χ0v) is 15.2. The lowest BCUT2D eigenvalue weighted by Crippen LogP contribution is -2.23. The molecule has 0 heterocycles. The minimum Gasteiger partial charge on any atom is -0.495 e. The molecule has 134 valence electrons. The Balaban J connectivity index is 2.00. The molecule has 0 saturated carbocycles. The molecule has 0 aliphatic carbocycles. The van der Waals surface area contributed by atoms with Crippen molar-refractivity contribution in [3.8, 4) is 11.5 Å². The third kappa shape index (κ3) is 6.03. The summed E-state index contributed by atoms with van der Waals surface area (Å²) < 4.78 is 11.2. The summed E-state index contributed by atoms with van der Waals surface area (Å²) >= 11 is 0. The number of benzene rings is 2. The van der Waals surface area contributed by atoms with Gasteiger partial charge >= 0.3 is 0 Å². The molecule has 0 radical (unpaired) electrons. The number of nitrogens with two attached hydrogens (primary N) is 1. The first-order chi connectivity index (χ1) is 12.1. The fraction of sp³-hybridized carbons (Fsp3) is 0.350. The van der Waals surface area contributed by atoms with Gasteiger partial charge < -0.3 is 20.5 Å². The largest absolute Gasteiger partial charge is 0.495 e. The Morgan fingerprint density at radius 2 is 1.76 bits per heavy atom. The van der Waals surface area contributed by atoms with Crippen LogP contribution in [0, 0.1) is 5.92 Å². The van der Waals surface area contributed by atoms with Gasteiger partial charge in [0.1, 0.15) is 11.5 Å². The molecule has 0 saturated heterocycles. The van der Waals surface area contributed by atoms with Gasteiger partial charge in [0, 0.05) is 5.56 Å². The van der Waals surface area contributed by atoms with E-state index in [0.29, 0.717) is 25.0 Å². The minimum absolute atomic E-state index is 0.335. The number of rotatable bonds is 8. The molecule has 0 fully saturated rings. The van der Waals surface area contributed by atoms with Crippen LogP contribution in [-0.4, -0.2) is 19.7 Å². The fourth-order valence-electron chi connectivity index (χ4n) is 2.28. The van der Waals surface area contributed by atoms with Crippen molar-refractivity contribution < 1.29 is 9.47 Å². The maximum atomic E-state index is 6.01. The van der Waals surface area contributed by atoms with Crippen molar-refractivity contribution in [1.82, 2.24) is 0 Å². The number of methoxy groups -OCH3 is 1. The van der Waals surface area contributed by atoms with Gasteiger partial charge in [-0.15, -0.1) is 0 Å². The fourth-order valence-corrected chi connectivity index (χ4v) is 2.28. The molecule has 3 N–H and O–H groups in total. The van der Waals surface area contributed by atoms with Gasteiger partial charge in [-0.05, 0) is 30.5 Å². The van der Waals surface area contributed by atoms with Crippen molar-refractivity contribution >= 4 is 11.6 Å². The lowest BCUT2D eigenvalue weighted by molar-refractivity contribution is 0.287. The second kappa shape index (κ2) is 9.57. The number of para-hydroxylation sites is 3. The molecule has 0 aliphatic heterocycles. The van der Waals surface area contributed by atoms with Crippen LogP contribution in [0.15, 0.2) is 53.5 Å². The Morgan fingerprint density at radius 3 is 2.48 bits per heavy atom. The summed E-state index contributed by atoms with van der Waals surface area (Å²) in [5, 5.41) is 3.07. The average molecular weight is 341 g/mol. The summed E-state index contributed by atoms with van der Waals surface area (Å²) in [5.74, 6) is 2.53. The van der Waals surface area contributed by atoms with Gasteiger partial charge in [-0.1, -0.05) is 44.2 Å². The summed E-state index contributed by atoms with van der Waals surface area (Å²) in [6.45, 7) is 5.52. The summed E-state index contributed by atoms with van der Waals surface area (Å²) in [7, 11) is 1.62. The van der Waals surface area contributed by atoms with Crippen molar-refractivity contribution in [3.05, 3.63) is 54.1 Å². The van der Waals surface area contributed by atoms with E-state index < -0.39 is 0 Å².